The Labute approximate surface area is 246 Å². The molecule has 4 atom stereocenters. The lowest BCUT2D eigenvalue weighted by Crippen LogP contribution is -2.51. The minimum atomic E-state index is -0.694. The van der Waals surface area contributed by atoms with Crippen LogP contribution < -0.4 is 21.1 Å². The Morgan fingerprint density at radius 2 is 1.76 bits per heavy atom. The number of halogens is 1. The van der Waals surface area contributed by atoms with Crippen LogP contribution in [0.4, 0.5) is 4.39 Å². The molecule has 1 aliphatic heterocycles. The van der Waals surface area contributed by atoms with E-state index >= 15 is 0 Å². The molecule has 42 heavy (non-hydrogen) atoms. The molecule has 0 spiro atoms. The molecule has 10 nitrogen and oxygen atoms in total. The molecule has 0 bridgehead atoms. The highest BCUT2D eigenvalue weighted by Crippen LogP contribution is 2.59. The molecule has 1 saturated carbocycles. The van der Waals surface area contributed by atoms with Gasteiger partial charge in [-0.05, 0) is 80.4 Å². The van der Waals surface area contributed by atoms with E-state index in [4.69, 9.17) is 20.6 Å². The third-order valence-corrected chi connectivity index (χ3v) is 8.99. The van der Waals surface area contributed by atoms with Crippen LogP contribution in [0.15, 0.2) is 60.7 Å². The second-order valence-corrected chi connectivity index (χ2v) is 11.8. The summed E-state index contributed by atoms with van der Waals surface area (Å²) in [6.45, 7) is 2.02. The van der Waals surface area contributed by atoms with Crippen LogP contribution in [0.25, 0.3) is 0 Å². The molecule has 5 rings (SSSR count). The number of nitrogens with two attached hydrogens (primary N) is 1. The molecule has 3 aromatic rings. The number of piperidine rings is 1. The van der Waals surface area contributed by atoms with Gasteiger partial charge in [-0.3, -0.25) is 19.8 Å². The van der Waals surface area contributed by atoms with Crippen LogP contribution >= 0.6 is 11.3 Å². The Kier molecular flexibility index (Phi) is 8.28. The maximum absolute atomic E-state index is 13.4. The number of likely N-dealkylation sites (tertiary alicyclic amines) is 1. The summed E-state index contributed by atoms with van der Waals surface area (Å²) in [5, 5.41) is 13.3. The van der Waals surface area contributed by atoms with E-state index in [9.17, 15) is 18.8 Å². The quantitative estimate of drug-likeness (QED) is 0.197. The van der Waals surface area contributed by atoms with E-state index < -0.39 is 11.9 Å². The number of amides is 3. The van der Waals surface area contributed by atoms with Crippen molar-refractivity contribution in [2.45, 2.75) is 37.9 Å². The van der Waals surface area contributed by atoms with Crippen molar-refractivity contribution in [3.8, 4) is 11.5 Å². The van der Waals surface area contributed by atoms with E-state index in [1.165, 1.54) is 35.6 Å². The van der Waals surface area contributed by atoms with Crippen LogP contribution in [0.1, 0.15) is 45.9 Å². The minimum Gasteiger partial charge on any atom is -0.457 e. The van der Waals surface area contributed by atoms with Crippen molar-refractivity contribution in [2.75, 3.05) is 20.3 Å². The van der Waals surface area contributed by atoms with Gasteiger partial charge in [-0.15, -0.1) is 11.3 Å². The van der Waals surface area contributed by atoms with Gasteiger partial charge in [0.1, 0.15) is 29.2 Å². The molecule has 2 aliphatic rings. The Bertz CT molecular complexity index is 1490. The number of rotatable bonds is 11. The van der Waals surface area contributed by atoms with Gasteiger partial charge < -0.3 is 30.7 Å². The topological polar surface area (TPSA) is 147 Å². The molecule has 2 fully saturated rings. The van der Waals surface area contributed by atoms with Crippen LogP contribution in [0.3, 0.4) is 0 Å². The van der Waals surface area contributed by atoms with Crippen LogP contribution in [0.2, 0.25) is 0 Å². The molecule has 1 aromatic heterocycles. The van der Waals surface area contributed by atoms with Gasteiger partial charge in [-0.25, -0.2) is 4.39 Å². The molecule has 12 heteroatoms. The first-order valence-electron chi connectivity index (χ1n) is 13.5. The first-order valence-corrected chi connectivity index (χ1v) is 14.3. The number of hydrogen-bond acceptors (Lipinski definition) is 7. The van der Waals surface area contributed by atoms with Gasteiger partial charge in [-0.1, -0.05) is 0 Å². The molecule has 5 N–H and O–H groups in total. The Hall–Kier alpha value is -4.29. The monoisotopic (exact) mass is 593 g/mol. The van der Waals surface area contributed by atoms with Crippen molar-refractivity contribution in [3.05, 3.63) is 81.8 Å². The number of ether oxygens (including phenoxy) is 2. The summed E-state index contributed by atoms with van der Waals surface area (Å²) in [6, 6.07) is 14.3. The van der Waals surface area contributed by atoms with Crippen molar-refractivity contribution in [1.29, 1.82) is 5.41 Å². The fourth-order valence-corrected chi connectivity index (χ4v) is 6.35. The summed E-state index contributed by atoms with van der Waals surface area (Å²) in [5.41, 5.74) is 5.63. The summed E-state index contributed by atoms with van der Waals surface area (Å²) in [6.07, 6.45) is 1.21. The van der Waals surface area contributed by atoms with Gasteiger partial charge in [0.25, 0.3) is 5.91 Å². The maximum atomic E-state index is 13.4. The number of amidine groups is 1. The highest BCUT2D eigenvalue weighted by molar-refractivity contribution is 7.14. The van der Waals surface area contributed by atoms with Crippen LogP contribution in [0, 0.1) is 16.6 Å². The standard InChI is InChI=1S/C30H32FN5O5S/c1-17(23-11-12-24(42-23)27(32)33)35-29(39)22-13-30(16-40-2)14-25(30)36(22)26(37)15-34-28(38)18-3-7-20(8-4-18)41-21-9-5-19(31)6-10-21/h3-12,17,22,25H,13-16H2,1-2H3,(H3,32,33)(H,34,38)(H,35,39)/t17-,22+,25+,30-/m1/s1. The molecular formula is C30H32FN5O5S. The lowest BCUT2D eigenvalue weighted by Gasteiger charge is -2.28. The van der Waals surface area contributed by atoms with Crippen molar-refractivity contribution in [1.82, 2.24) is 15.5 Å². The zero-order valence-electron chi connectivity index (χ0n) is 23.2. The third kappa shape index (κ3) is 6.14. The Morgan fingerprint density at radius 1 is 1.10 bits per heavy atom. The molecule has 2 heterocycles. The number of carbonyl (C=O) groups excluding carboxylic acids is 3. The number of nitrogen functional groups attached to an aromatic ring is 1. The molecule has 0 unspecified atom stereocenters. The summed E-state index contributed by atoms with van der Waals surface area (Å²) in [5.74, 6) is -0.537. The largest absolute Gasteiger partial charge is 0.457 e. The average molecular weight is 594 g/mol. The predicted molar refractivity (Wildman–Crippen MR) is 155 cm³/mol. The second kappa shape index (κ2) is 11.9. The molecule has 1 saturated heterocycles. The molecule has 1 aliphatic carbocycles. The first-order chi connectivity index (χ1) is 20.1. The normalized spacial score (nSPS) is 21.3. The first kappa shape index (κ1) is 29.2. The van der Waals surface area contributed by atoms with E-state index in [2.05, 4.69) is 10.6 Å². The van der Waals surface area contributed by atoms with Gasteiger partial charge >= 0.3 is 0 Å². The lowest BCUT2D eigenvalue weighted by atomic mass is 10.00. The number of methoxy groups -OCH3 is 1. The smallest absolute Gasteiger partial charge is 0.251 e. The molecule has 2 aromatic carbocycles. The third-order valence-electron chi connectivity index (χ3n) is 7.68. The number of thiophene rings is 1. The minimum absolute atomic E-state index is 0.0322. The van der Waals surface area contributed by atoms with E-state index in [0.717, 1.165) is 11.3 Å². The van der Waals surface area contributed by atoms with E-state index in [1.807, 2.05) is 13.0 Å². The number of fused-ring (bicyclic) bond motifs is 1. The van der Waals surface area contributed by atoms with Crippen molar-refractivity contribution in [3.63, 3.8) is 0 Å². The zero-order chi connectivity index (χ0) is 30.0. The summed E-state index contributed by atoms with van der Waals surface area (Å²) in [4.78, 5) is 42.7. The fraction of sp³-hybridized carbons (Fsp3) is 0.333. The highest BCUT2D eigenvalue weighted by atomic mass is 32.1. The Balaban J connectivity index is 1.20. The highest BCUT2D eigenvalue weighted by Gasteiger charge is 2.67. The van der Waals surface area contributed by atoms with E-state index in [0.29, 0.717) is 35.0 Å². The van der Waals surface area contributed by atoms with Gasteiger partial charge in [0.05, 0.1) is 24.1 Å². The van der Waals surface area contributed by atoms with Crippen molar-refractivity contribution < 1.29 is 28.2 Å². The van der Waals surface area contributed by atoms with Crippen LogP contribution in [-0.4, -0.2) is 60.8 Å². The number of nitrogens with zero attached hydrogens (tertiary/aromatic N) is 1. The molecule has 0 radical (unpaired) electrons. The number of nitrogens with one attached hydrogen (secondary N) is 3. The zero-order valence-corrected chi connectivity index (χ0v) is 24.0. The molecule has 220 valence electrons. The average Bonchev–Trinajstić information content (AvgIpc) is 3.30. The van der Waals surface area contributed by atoms with Gasteiger partial charge in [-0.2, -0.15) is 0 Å². The van der Waals surface area contributed by atoms with Crippen molar-refractivity contribution in [2.24, 2.45) is 11.1 Å². The Morgan fingerprint density at radius 3 is 2.38 bits per heavy atom. The molecule has 3 amide bonds. The summed E-state index contributed by atoms with van der Waals surface area (Å²) >= 11 is 1.33. The van der Waals surface area contributed by atoms with Gasteiger partial charge in [0, 0.05) is 29.0 Å². The fourth-order valence-electron chi connectivity index (χ4n) is 5.48. The van der Waals surface area contributed by atoms with Crippen LogP contribution in [0.5, 0.6) is 11.5 Å². The van der Waals surface area contributed by atoms with E-state index in [-0.39, 0.29) is 47.5 Å². The summed E-state index contributed by atoms with van der Waals surface area (Å²) in [7, 11) is 1.60. The predicted octanol–water partition coefficient (Wildman–Crippen LogP) is 3.58. The second-order valence-electron chi connectivity index (χ2n) is 10.6. The number of benzene rings is 2. The number of hydrogen-bond donors (Lipinski definition) is 4. The number of carbonyl (C=O) groups is 3. The lowest BCUT2D eigenvalue weighted by molar-refractivity contribution is -0.139. The van der Waals surface area contributed by atoms with Gasteiger partial charge in [0.2, 0.25) is 11.8 Å². The summed E-state index contributed by atoms with van der Waals surface area (Å²) < 4.78 is 24.2. The van der Waals surface area contributed by atoms with Crippen molar-refractivity contribution >= 4 is 34.9 Å². The molecular weight excluding hydrogens is 561 g/mol. The van der Waals surface area contributed by atoms with Gasteiger partial charge in [0.15, 0.2) is 0 Å². The SMILES string of the molecule is COC[C@@]12C[C@@H]1N(C(=O)CNC(=O)c1ccc(Oc3ccc(F)cc3)cc1)[C@H](C(=O)N[C@H](C)c1ccc(C(=N)N)s1)C2. The van der Waals surface area contributed by atoms with E-state index in [1.54, 1.807) is 42.3 Å². The van der Waals surface area contributed by atoms with Crippen LogP contribution in [-0.2, 0) is 14.3 Å². The maximum Gasteiger partial charge on any atom is 0.251 e.